The summed E-state index contributed by atoms with van der Waals surface area (Å²) in [6.45, 7) is 9.79. The van der Waals surface area contributed by atoms with E-state index in [2.05, 4.69) is 37.9 Å². The second-order valence-corrected chi connectivity index (χ2v) is 10.2. The second-order valence-electron chi connectivity index (χ2n) is 9.80. The lowest BCUT2D eigenvalue weighted by Gasteiger charge is -2.47. The van der Waals surface area contributed by atoms with Crippen molar-refractivity contribution in [2.45, 2.75) is 58.5 Å². The minimum atomic E-state index is -0.544. The molecule has 1 unspecified atom stereocenters. The molecule has 3 amide bonds. The quantitative estimate of drug-likeness (QED) is 0.234. The van der Waals surface area contributed by atoms with Crippen LogP contribution in [-0.2, 0) is 11.3 Å². The van der Waals surface area contributed by atoms with Gasteiger partial charge in [0.05, 0.1) is 11.5 Å². The van der Waals surface area contributed by atoms with E-state index in [4.69, 9.17) is 11.6 Å². The number of imide groups is 1. The van der Waals surface area contributed by atoms with Crippen molar-refractivity contribution in [3.8, 4) is 0 Å². The van der Waals surface area contributed by atoms with Gasteiger partial charge < -0.3 is 10.2 Å². The van der Waals surface area contributed by atoms with Crippen LogP contribution in [0.3, 0.4) is 0 Å². The number of benzene rings is 2. The van der Waals surface area contributed by atoms with Crippen molar-refractivity contribution in [2.75, 3.05) is 11.4 Å². The standard InChI is InChI=1S/C26H29ClN4O4/c1-5-10-30-23-13-21(27)18(11-20(23)16(2)14-26(30,3)4)12-22-24(32)29(25(33)28-22)15-17-6-8-19(9-7-17)31(34)35/h6-9,11-13,16H,5,10,14-15H2,1-4H3,(H,28,33)/b22-12+. The van der Waals surface area contributed by atoms with Crippen molar-refractivity contribution >= 4 is 41.0 Å². The van der Waals surface area contributed by atoms with Crippen molar-refractivity contribution < 1.29 is 14.5 Å². The number of nitro benzene ring substituents is 1. The summed E-state index contributed by atoms with van der Waals surface area (Å²) in [6.07, 6.45) is 3.64. The van der Waals surface area contributed by atoms with Gasteiger partial charge in [-0.25, -0.2) is 4.79 Å². The van der Waals surface area contributed by atoms with Gasteiger partial charge in [0, 0.05) is 34.9 Å². The van der Waals surface area contributed by atoms with E-state index in [0.717, 1.165) is 30.0 Å². The number of fused-ring (bicyclic) bond motifs is 1. The molecule has 0 aliphatic carbocycles. The van der Waals surface area contributed by atoms with Crippen molar-refractivity contribution in [1.82, 2.24) is 10.2 Å². The Bertz CT molecular complexity index is 1220. The smallest absolute Gasteiger partial charge is 0.329 e. The Morgan fingerprint density at radius 3 is 2.54 bits per heavy atom. The molecule has 2 aliphatic rings. The first-order valence-electron chi connectivity index (χ1n) is 11.7. The lowest BCUT2D eigenvalue weighted by atomic mass is 9.79. The molecular weight excluding hydrogens is 468 g/mol. The highest BCUT2D eigenvalue weighted by Gasteiger charge is 2.37. The molecule has 9 heteroatoms. The minimum Gasteiger partial charge on any atom is -0.366 e. The number of amides is 3. The van der Waals surface area contributed by atoms with Gasteiger partial charge in [-0.2, -0.15) is 0 Å². The van der Waals surface area contributed by atoms with Crippen molar-refractivity contribution in [1.29, 1.82) is 0 Å². The third-order valence-corrected chi connectivity index (χ3v) is 7.03. The second kappa shape index (κ2) is 9.34. The summed E-state index contributed by atoms with van der Waals surface area (Å²) < 4.78 is 0. The Morgan fingerprint density at radius 1 is 1.23 bits per heavy atom. The van der Waals surface area contributed by atoms with E-state index in [1.54, 1.807) is 6.08 Å². The number of carbonyl (C=O) groups is 2. The number of carbonyl (C=O) groups excluding carboxylic acids is 2. The summed E-state index contributed by atoms with van der Waals surface area (Å²) in [5.41, 5.74) is 3.68. The van der Waals surface area contributed by atoms with E-state index in [1.807, 2.05) is 12.1 Å². The minimum absolute atomic E-state index is 0.00994. The van der Waals surface area contributed by atoms with E-state index in [1.165, 1.54) is 29.8 Å². The van der Waals surface area contributed by atoms with Crippen LogP contribution in [-0.4, -0.2) is 33.8 Å². The molecule has 4 rings (SSSR count). The van der Waals surface area contributed by atoms with Crippen LogP contribution in [0.5, 0.6) is 0 Å². The van der Waals surface area contributed by atoms with Crippen LogP contribution in [0, 0.1) is 10.1 Å². The van der Waals surface area contributed by atoms with Gasteiger partial charge in [0.25, 0.3) is 11.6 Å². The van der Waals surface area contributed by atoms with Crippen LogP contribution < -0.4 is 10.2 Å². The average molecular weight is 497 g/mol. The Kier molecular flexibility index (Phi) is 6.60. The van der Waals surface area contributed by atoms with Crippen LogP contribution in [0.4, 0.5) is 16.2 Å². The zero-order valence-electron chi connectivity index (χ0n) is 20.3. The van der Waals surface area contributed by atoms with Crippen LogP contribution in [0.2, 0.25) is 5.02 Å². The van der Waals surface area contributed by atoms with E-state index >= 15 is 0 Å². The fraction of sp³-hybridized carbons (Fsp3) is 0.385. The normalized spacial score (nSPS) is 20.3. The fourth-order valence-electron chi connectivity index (χ4n) is 5.05. The molecule has 35 heavy (non-hydrogen) atoms. The topological polar surface area (TPSA) is 95.8 Å². The number of urea groups is 1. The molecule has 2 aliphatic heterocycles. The van der Waals surface area contributed by atoms with Gasteiger partial charge >= 0.3 is 6.03 Å². The van der Waals surface area contributed by atoms with Gasteiger partial charge in [0.2, 0.25) is 0 Å². The van der Waals surface area contributed by atoms with Crippen LogP contribution in [0.15, 0.2) is 42.1 Å². The van der Waals surface area contributed by atoms with Gasteiger partial charge in [-0.15, -0.1) is 0 Å². The Labute approximate surface area is 209 Å². The Morgan fingerprint density at radius 2 is 1.91 bits per heavy atom. The molecule has 2 heterocycles. The number of hydrogen-bond acceptors (Lipinski definition) is 5. The number of non-ortho nitro benzene ring substituents is 1. The molecular formula is C26H29ClN4O4. The largest absolute Gasteiger partial charge is 0.366 e. The highest BCUT2D eigenvalue weighted by atomic mass is 35.5. The SMILES string of the molecule is CCCN1c2cc(Cl)c(/C=C3/NC(=O)N(Cc4ccc([N+](=O)[O-])cc4)C3=O)cc2C(C)CC1(C)C. The number of nitro groups is 1. The Hall–Kier alpha value is -3.39. The molecule has 0 bridgehead atoms. The molecule has 184 valence electrons. The van der Waals surface area contributed by atoms with Gasteiger partial charge in [0.1, 0.15) is 5.70 Å². The first-order chi connectivity index (χ1) is 16.5. The summed E-state index contributed by atoms with van der Waals surface area (Å²) >= 11 is 6.67. The molecule has 0 aromatic heterocycles. The maximum atomic E-state index is 13.0. The zero-order valence-corrected chi connectivity index (χ0v) is 21.1. The molecule has 2 aromatic carbocycles. The molecule has 0 saturated carbocycles. The van der Waals surface area contributed by atoms with E-state index in [9.17, 15) is 19.7 Å². The highest BCUT2D eigenvalue weighted by molar-refractivity contribution is 6.32. The van der Waals surface area contributed by atoms with E-state index in [0.29, 0.717) is 22.1 Å². The van der Waals surface area contributed by atoms with E-state index in [-0.39, 0.29) is 23.5 Å². The number of nitrogens with one attached hydrogen (secondary N) is 1. The first kappa shape index (κ1) is 24.7. The average Bonchev–Trinajstić information content (AvgIpc) is 3.05. The third-order valence-electron chi connectivity index (χ3n) is 6.70. The van der Waals surface area contributed by atoms with Gasteiger partial charge in [-0.1, -0.05) is 37.6 Å². The van der Waals surface area contributed by atoms with E-state index < -0.39 is 16.9 Å². The number of nitrogens with zero attached hydrogens (tertiary/aromatic N) is 3. The summed E-state index contributed by atoms with van der Waals surface area (Å²) in [5, 5.41) is 14.0. The van der Waals surface area contributed by atoms with Gasteiger partial charge in [0.15, 0.2) is 0 Å². The van der Waals surface area contributed by atoms with Crippen LogP contribution in [0.25, 0.3) is 6.08 Å². The third kappa shape index (κ3) is 4.75. The Balaban J connectivity index is 1.61. The maximum Gasteiger partial charge on any atom is 0.329 e. The number of rotatable bonds is 6. The van der Waals surface area contributed by atoms with Crippen molar-refractivity contribution in [3.63, 3.8) is 0 Å². The summed E-state index contributed by atoms with van der Waals surface area (Å²) in [5.74, 6) is -0.154. The predicted molar refractivity (Wildman–Crippen MR) is 136 cm³/mol. The summed E-state index contributed by atoms with van der Waals surface area (Å²) in [4.78, 5) is 39.4. The van der Waals surface area contributed by atoms with Gasteiger partial charge in [-0.3, -0.25) is 19.8 Å². The first-order valence-corrected chi connectivity index (χ1v) is 12.1. The van der Waals surface area contributed by atoms with Gasteiger partial charge in [-0.05, 0) is 67.5 Å². The summed E-state index contributed by atoms with van der Waals surface area (Å²) in [7, 11) is 0. The maximum absolute atomic E-state index is 13.0. The number of anilines is 1. The molecule has 1 atom stereocenters. The fourth-order valence-corrected chi connectivity index (χ4v) is 5.27. The molecule has 0 spiro atoms. The van der Waals surface area contributed by atoms with Crippen molar-refractivity contribution in [2.24, 2.45) is 0 Å². The highest BCUT2D eigenvalue weighted by Crippen LogP contribution is 2.45. The van der Waals surface area contributed by atoms with Crippen LogP contribution in [0.1, 0.15) is 63.1 Å². The number of hydrogen-bond donors (Lipinski definition) is 1. The molecule has 2 aromatic rings. The summed E-state index contributed by atoms with van der Waals surface area (Å²) in [6, 6.07) is 9.21. The van der Waals surface area contributed by atoms with Crippen molar-refractivity contribution in [3.05, 3.63) is 73.9 Å². The van der Waals surface area contributed by atoms with Crippen LogP contribution >= 0.6 is 11.6 Å². The molecule has 1 fully saturated rings. The molecule has 8 nitrogen and oxygen atoms in total. The zero-order chi connectivity index (χ0) is 25.5. The molecule has 1 saturated heterocycles. The molecule has 0 radical (unpaired) electrons. The monoisotopic (exact) mass is 496 g/mol. The number of halogens is 1. The predicted octanol–water partition coefficient (Wildman–Crippen LogP) is 5.84. The lowest BCUT2D eigenvalue weighted by molar-refractivity contribution is -0.384. The molecule has 1 N–H and O–H groups in total. The lowest BCUT2D eigenvalue weighted by Crippen LogP contribution is -2.48.